The van der Waals surface area contributed by atoms with E-state index >= 15 is 0 Å². The summed E-state index contributed by atoms with van der Waals surface area (Å²) in [4.78, 5) is 22.7. The highest BCUT2D eigenvalue weighted by atomic mass is 16.2. The molecular formula is C17H23N5O. The second kappa shape index (κ2) is 6.48. The van der Waals surface area contributed by atoms with Gasteiger partial charge in [-0.05, 0) is 39.0 Å². The first-order valence-electron chi connectivity index (χ1n) is 8.13. The van der Waals surface area contributed by atoms with Gasteiger partial charge in [-0.3, -0.25) is 19.9 Å². The Hall–Kier alpha value is -2.24. The maximum atomic E-state index is 11.6. The van der Waals surface area contributed by atoms with Crippen LogP contribution in [0.15, 0.2) is 12.4 Å². The molecule has 0 radical (unpaired) electrons. The van der Waals surface area contributed by atoms with Gasteiger partial charge < -0.3 is 4.90 Å². The number of amides is 1. The molecule has 1 N–H and O–H groups in total. The van der Waals surface area contributed by atoms with E-state index in [9.17, 15) is 4.79 Å². The van der Waals surface area contributed by atoms with E-state index in [2.05, 4.69) is 20.2 Å². The van der Waals surface area contributed by atoms with E-state index in [0.717, 1.165) is 60.7 Å². The number of aryl methyl sites for hydroxylation is 2. The molecule has 0 aliphatic carbocycles. The molecule has 0 unspecified atom stereocenters. The smallest absolute Gasteiger partial charge is 0.219 e. The molecule has 1 atom stereocenters. The summed E-state index contributed by atoms with van der Waals surface area (Å²) in [5, 5.41) is 7.29. The zero-order valence-electron chi connectivity index (χ0n) is 14.0. The van der Waals surface area contributed by atoms with Crippen molar-refractivity contribution >= 4 is 5.91 Å². The number of piperidine rings is 1. The Balaban J connectivity index is 1.85. The van der Waals surface area contributed by atoms with Crippen molar-refractivity contribution in [3.8, 4) is 11.3 Å². The average Bonchev–Trinajstić information content (AvgIpc) is 2.87. The number of carbonyl (C=O) groups is 1. The van der Waals surface area contributed by atoms with Crippen molar-refractivity contribution in [1.29, 1.82) is 0 Å². The van der Waals surface area contributed by atoms with Crippen LogP contribution in [0.3, 0.4) is 0 Å². The monoisotopic (exact) mass is 313 g/mol. The lowest BCUT2D eigenvalue weighted by atomic mass is 9.91. The Labute approximate surface area is 136 Å². The number of likely N-dealkylation sites (tertiary alicyclic amines) is 1. The number of nitrogens with one attached hydrogen (secondary N) is 1. The number of nitrogens with zero attached hydrogens (tertiary/aromatic N) is 4. The SMILES string of the molecule is CC(=O)N1CCC[C@@H](Cc2nccnc2-c2c(C)n[nH]c2C)C1. The first kappa shape index (κ1) is 15.6. The van der Waals surface area contributed by atoms with Gasteiger partial charge in [0.2, 0.25) is 5.91 Å². The van der Waals surface area contributed by atoms with Crippen molar-refractivity contribution in [3.05, 3.63) is 29.5 Å². The molecule has 3 heterocycles. The Morgan fingerprint density at radius 3 is 2.83 bits per heavy atom. The van der Waals surface area contributed by atoms with Crippen LogP contribution in [0.5, 0.6) is 0 Å². The first-order valence-corrected chi connectivity index (χ1v) is 8.13. The van der Waals surface area contributed by atoms with E-state index in [1.807, 2.05) is 18.7 Å². The highest BCUT2D eigenvalue weighted by Gasteiger charge is 2.24. The van der Waals surface area contributed by atoms with Gasteiger partial charge in [0, 0.05) is 43.7 Å². The first-order chi connectivity index (χ1) is 11.1. The van der Waals surface area contributed by atoms with Gasteiger partial charge in [-0.25, -0.2) is 0 Å². The quantitative estimate of drug-likeness (QED) is 0.943. The molecule has 23 heavy (non-hydrogen) atoms. The summed E-state index contributed by atoms with van der Waals surface area (Å²) in [6, 6.07) is 0. The third-order valence-electron chi connectivity index (χ3n) is 4.59. The normalized spacial score (nSPS) is 18.2. The number of aromatic amines is 1. The summed E-state index contributed by atoms with van der Waals surface area (Å²) < 4.78 is 0. The lowest BCUT2D eigenvalue weighted by Crippen LogP contribution is -2.39. The number of carbonyl (C=O) groups excluding carboxylic acids is 1. The maximum absolute atomic E-state index is 11.6. The Morgan fingerprint density at radius 1 is 1.35 bits per heavy atom. The van der Waals surface area contributed by atoms with Crippen molar-refractivity contribution in [1.82, 2.24) is 25.1 Å². The van der Waals surface area contributed by atoms with Gasteiger partial charge >= 0.3 is 0 Å². The molecule has 0 bridgehead atoms. The van der Waals surface area contributed by atoms with Gasteiger partial charge in [-0.15, -0.1) is 0 Å². The Kier molecular flexibility index (Phi) is 4.41. The number of rotatable bonds is 3. The maximum Gasteiger partial charge on any atom is 0.219 e. The minimum atomic E-state index is 0.163. The highest BCUT2D eigenvalue weighted by Crippen LogP contribution is 2.28. The second-order valence-corrected chi connectivity index (χ2v) is 6.34. The van der Waals surface area contributed by atoms with Gasteiger partial charge in [0.1, 0.15) is 0 Å². The fraction of sp³-hybridized carbons (Fsp3) is 0.529. The number of hydrogen-bond donors (Lipinski definition) is 1. The molecule has 2 aromatic rings. The summed E-state index contributed by atoms with van der Waals surface area (Å²) in [5.41, 5.74) is 4.91. The average molecular weight is 313 g/mol. The summed E-state index contributed by atoms with van der Waals surface area (Å²) in [6.45, 7) is 7.32. The van der Waals surface area contributed by atoms with Crippen LogP contribution in [0.2, 0.25) is 0 Å². The van der Waals surface area contributed by atoms with Crippen LogP contribution in [-0.2, 0) is 11.2 Å². The number of hydrogen-bond acceptors (Lipinski definition) is 4. The fourth-order valence-electron chi connectivity index (χ4n) is 3.42. The van der Waals surface area contributed by atoms with Crippen molar-refractivity contribution < 1.29 is 4.79 Å². The van der Waals surface area contributed by atoms with E-state index in [0.29, 0.717) is 5.92 Å². The van der Waals surface area contributed by atoms with E-state index in [1.165, 1.54) is 0 Å². The highest BCUT2D eigenvalue weighted by molar-refractivity contribution is 5.73. The largest absolute Gasteiger partial charge is 0.343 e. The van der Waals surface area contributed by atoms with E-state index in [4.69, 9.17) is 0 Å². The minimum absolute atomic E-state index is 0.163. The van der Waals surface area contributed by atoms with Gasteiger partial charge in [-0.1, -0.05) is 0 Å². The zero-order valence-corrected chi connectivity index (χ0v) is 14.0. The van der Waals surface area contributed by atoms with E-state index < -0.39 is 0 Å². The van der Waals surface area contributed by atoms with Crippen LogP contribution in [0.4, 0.5) is 0 Å². The molecule has 1 saturated heterocycles. The van der Waals surface area contributed by atoms with Crippen LogP contribution >= 0.6 is 0 Å². The van der Waals surface area contributed by atoms with Gasteiger partial charge in [0.15, 0.2) is 0 Å². The molecular weight excluding hydrogens is 290 g/mol. The molecule has 0 aromatic carbocycles. The van der Waals surface area contributed by atoms with Crippen LogP contribution in [0, 0.1) is 19.8 Å². The third kappa shape index (κ3) is 3.25. The molecule has 1 amide bonds. The molecule has 3 rings (SSSR count). The topological polar surface area (TPSA) is 74.8 Å². The van der Waals surface area contributed by atoms with E-state index in [-0.39, 0.29) is 5.91 Å². The molecule has 2 aromatic heterocycles. The van der Waals surface area contributed by atoms with Crippen LogP contribution in [-0.4, -0.2) is 44.1 Å². The minimum Gasteiger partial charge on any atom is -0.343 e. The van der Waals surface area contributed by atoms with Crippen LogP contribution in [0.25, 0.3) is 11.3 Å². The summed E-state index contributed by atoms with van der Waals surface area (Å²) >= 11 is 0. The Morgan fingerprint density at radius 2 is 2.13 bits per heavy atom. The van der Waals surface area contributed by atoms with Gasteiger partial charge in [-0.2, -0.15) is 5.10 Å². The molecule has 1 aliphatic heterocycles. The third-order valence-corrected chi connectivity index (χ3v) is 4.59. The van der Waals surface area contributed by atoms with Crippen molar-refractivity contribution in [2.75, 3.05) is 13.1 Å². The predicted molar refractivity (Wildman–Crippen MR) is 87.8 cm³/mol. The Bertz CT molecular complexity index is 689. The zero-order chi connectivity index (χ0) is 16.4. The molecule has 0 spiro atoms. The molecule has 0 saturated carbocycles. The second-order valence-electron chi connectivity index (χ2n) is 6.34. The van der Waals surface area contributed by atoms with Gasteiger partial charge in [0.05, 0.1) is 17.1 Å². The number of H-pyrrole nitrogens is 1. The fourth-order valence-corrected chi connectivity index (χ4v) is 3.42. The number of aromatic nitrogens is 4. The van der Waals surface area contributed by atoms with Crippen molar-refractivity contribution in [3.63, 3.8) is 0 Å². The van der Waals surface area contributed by atoms with Crippen molar-refractivity contribution in [2.45, 2.75) is 40.0 Å². The summed E-state index contributed by atoms with van der Waals surface area (Å²) in [7, 11) is 0. The molecule has 1 fully saturated rings. The molecule has 6 heteroatoms. The van der Waals surface area contributed by atoms with E-state index in [1.54, 1.807) is 19.3 Å². The molecule has 6 nitrogen and oxygen atoms in total. The lowest BCUT2D eigenvalue weighted by Gasteiger charge is -2.32. The predicted octanol–water partition coefficient (Wildman–Crippen LogP) is 2.28. The molecule has 1 aliphatic rings. The molecule has 122 valence electrons. The van der Waals surface area contributed by atoms with Crippen LogP contribution < -0.4 is 0 Å². The van der Waals surface area contributed by atoms with Crippen molar-refractivity contribution in [2.24, 2.45) is 5.92 Å². The van der Waals surface area contributed by atoms with Gasteiger partial charge in [0.25, 0.3) is 0 Å². The standard InChI is InChI=1S/C17H23N5O/c1-11-16(12(2)21-20-11)17-15(18-6-7-19-17)9-14-5-4-8-22(10-14)13(3)23/h6-7,14H,4-5,8-10H2,1-3H3,(H,20,21)/t14-/m0/s1. The summed E-state index contributed by atoms with van der Waals surface area (Å²) in [5.74, 6) is 0.603. The summed E-state index contributed by atoms with van der Waals surface area (Å²) in [6.07, 6.45) is 6.51. The van der Waals surface area contributed by atoms with Crippen LogP contribution in [0.1, 0.15) is 36.8 Å². The lowest BCUT2D eigenvalue weighted by molar-refractivity contribution is -0.130.